The fourth-order valence-corrected chi connectivity index (χ4v) is 2.43. The molecule has 1 aliphatic carbocycles. The number of phenolic OH excluding ortho intramolecular Hbond substituents is 1. The van der Waals surface area contributed by atoms with E-state index in [2.05, 4.69) is 4.98 Å². The molecule has 2 aliphatic rings. The lowest BCUT2D eigenvalue weighted by Crippen LogP contribution is -2.12. The predicted octanol–water partition coefficient (Wildman–Crippen LogP) is 3.48. The Kier molecular flexibility index (Phi) is 4.46. The van der Waals surface area contributed by atoms with Crippen LogP contribution in [0.3, 0.4) is 0 Å². The van der Waals surface area contributed by atoms with Crippen molar-refractivity contribution in [3.63, 3.8) is 0 Å². The molecule has 0 saturated carbocycles. The van der Waals surface area contributed by atoms with Gasteiger partial charge in [0.2, 0.25) is 0 Å². The Balaban J connectivity index is 2.00. The summed E-state index contributed by atoms with van der Waals surface area (Å²) >= 11 is 0. The molecule has 24 heavy (non-hydrogen) atoms. The molecule has 0 bridgehead atoms. The zero-order chi connectivity index (χ0) is 17.1. The van der Waals surface area contributed by atoms with Crippen molar-refractivity contribution in [2.75, 3.05) is 0 Å². The molecule has 1 aromatic carbocycles. The van der Waals surface area contributed by atoms with Gasteiger partial charge in [-0.2, -0.15) is 0 Å². The summed E-state index contributed by atoms with van der Waals surface area (Å²) in [5.41, 5.74) is 0.788. The van der Waals surface area contributed by atoms with E-state index in [4.69, 9.17) is 9.15 Å². The number of ether oxygens (including phenoxy) is 1. The molecule has 124 valence electrons. The molecule has 0 radical (unpaired) electrons. The number of aromatic nitrogens is 1. The van der Waals surface area contributed by atoms with E-state index in [0.29, 0.717) is 16.8 Å². The van der Waals surface area contributed by atoms with E-state index in [1.165, 1.54) is 24.3 Å². The summed E-state index contributed by atoms with van der Waals surface area (Å²) in [5.74, 6) is -0.0640. The fourth-order valence-electron chi connectivity index (χ4n) is 2.43. The fraction of sp³-hybridized carbons (Fsp3) is 0.278. The van der Waals surface area contributed by atoms with Crippen LogP contribution in [0.4, 0.5) is 0 Å². The van der Waals surface area contributed by atoms with Gasteiger partial charge in [-0.05, 0) is 18.6 Å². The second-order valence-corrected chi connectivity index (χ2v) is 5.57. The third kappa shape index (κ3) is 3.37. The topological polar surface area (TPSA) is 89.6 Å². The molecule has 0 aromatic heterocycles. The molecule has 1 heterocycles. The average Bonchev–Trinajstić information content (AvgIpc) is 2.53. The van der Waals surface area contributed by atoms with Crippen LogP contribution >= 0.6 is 0 Å². The van der Waals surface area contributed by atoms with E-state index in [-0.39, 0.29) is 29.1 Å². The van der Waals surface area contributed by atoms with Gasteiger partial charge in [-0.25, -0.2) is 4.98 Å². The summed E-state index contributed by atoms with van der Waals surface area (Å²) in [6, 6.07) is 6.99. The highest BCUT2D eigenvalue weighted by Crippen LogP contribution is 2.32. The van der Waals surface area contributed by atoms with Crippen LogP contribution in [0, 0.1) is 0 Å². The number of hydrogen-bond donors (Lipinski definition) is 1. The molecule has 3 rings (SSSR count). The monoisotopic (exact) mass is 327 g/mol. The SMILES string of the molecule is CCCCCC(=O)Oc1cc(=O)cc2oc3cc(O)ccc3nc1-2. The average molecular weight is 327 g/mol. The summed E-state index contributed by atoms with van der Waals surface area (Å²) in [6.45, 7) is 2.05. The summed E-state index contributed by atoms with van der Waals surface area (Å²) in [7, 11) is 0. The van der Waals surface area contributed by atoms with Crippen molar-refractivity contribution in [2.24, 2.45) is 0 Å². The van der Waals surface area contributed by atoms with Crippen LogP contribution in [0.5, 0.6) is 11.5 Å². The smallest absolute Gasteiger partial charge is 0.311 e. The van der Waals surface area contributed by atoms with Gasteiger partial charge in [-0.3, -0.25) is 9.59 Å². The first-order valence-electron chi connectivity index (χ1n) is 7.85. The molecule has 0 saturated heterocycles. The Morgan fingerprint density at radius 2 is 2.08 bits per heavy atom. The van der Waals surface area contributed by atoms with Crippen molar-refractivity contribution in [3.8, 4) is 23.0 Å². The zero-order valence-electron chi connectivity index (χ0n) is 13.2. The molecule has 0 unspecified atom stereocenters. The second-order valence-electron chi connectivity index (χ2n) is 5.57. The highest BCUT2D eigenvalue weighted by molar-refractivity contribution is 5.81. The van der Waals surface area contributed by atoms with Crippen molar-refractivity contribution in [1.29, 1.82) is 0 Å². The number of unbranched alkanes of at least 4 members (excludes halogenated alkanes) is 2. The third-order valence-electron chi connectivity index (χ3n) is 3.62. The van der Waals surface area contributed by atoms with Crippen molar-refractivity contribution in [1.82, 2.24) is 4.98 Å². The van der Waals surface area contributed by atoms with Crippen LogP contribution in [0.25, 0.3) is 22.6 Å². The van der Waals surface area contributed by atoms with E-state index >= 15 is 0 Å². The maximum Gasteiger partial charge on any atom is 0.311 e. The van der Waals surface area contributed by atoms with E-state index in [0.717, 1.165) is 19.3 Å². The van der Waals surface area contributed by atoms with E-state index in [9.17, 15) is 14.7 Å². The Bertz CT molecular complexity index is 915. The molecule has 6 heteroatoms. The number of phenols is 1. The third-order valence-corrected chi connectivity index (χ3v) is 3.62. The van der Waals surface area contributed by atoms with Gasteiger partial charge >= 0.3 is 5.97 Å². The van der Waals surface area contributed by atoms with Crippen LogP contribution in [-0.2, 0) is 4.79 Å². The first kappa shape index (κ1) is 16.0. The molecule has 0 atom stereocenters. The lowest BCUT2D eigenvalue weighted by molar-refractivity contribution is -0.134. The molecule has 6 nitrogen and oxygen atoms in total. The van der Waals surface area contributed by atoms with E-state index < -0.39 is 5.97 Å². The van der Waals surface area contributed by atoms with E-state index in [1.54, 1.807) is 6.07 Å². The summed E-state index contributed by atoms with van der Waals surface area (Å²) in [5, 5.41) is 9.51. The van der Waals surface area contributed by atoms with Gasteiger partial charge in [0.15, 0.2) is 22.5 Å². The van der Waals surface area contributed by atoms with Crippen LogP contribution in [-0.4, -0.2) is 16.1 Å². The normalized spacial score (nSPS) is 11.0. The molecule has 1 aromatic rings. The maximum atomic E-state index is 11.9. The standard InChI is InChI=1S/C18H17NO5/c1-2-3-4-5-17(22)24-16-10-12(21)9-15-18(16)19-13-7-6-11(20)8-14(13)23-15/h6-10,20H,2-5H2,1H3. The van der Waals surface area contributed by atoms with Crippen molar-refractivity contribution < 1.29 is 19.1 Å². The maximum absolute atomic E-state index is 11.9. The minimum Gasteiger partial charge on any atom is -0.508 e. The van der Waals surface area contributed by atoms with Crippen molar-refractivity contribution in [2.45, 2.75) is 32.6 Å². The Morgan fingerprint density at radius 3 is 2.88 bits per heavy atom. The van der Waals surface area contributed by atoms with Crippen LogP contribution in [0.15, 0.2) is 39.5 Å². The lowest BCUT2D eigenvalue weighted by atomic mass is 10.2. The van der Waals surface area contributed by atoms with Gasteiger partial charge in [-0.1, -0.05) is 19.8 Å². The lowest BCUT2D eigenvalue weighted by Gasteiger charge is -2.11. The number of hydrogen-bond acceptors (Lipinski definition) is 6. The van der Waals surface area contributed by atoms with Gasteiger partial charge in [0, 0.05) is 24.6 Å². The summed E-state index contributed by atoms with van der Waals surface area (Å²) in [4.78, 5) is 28.1. The van der Waals surface area contributed by atoms with E-state index in [1.807, 2.05) is 6.92 Å². The Labute approximate surface area is 138 Å². The molecular formula is C18H17NO5. The number of fused-ring (bicyclic) bond motifs is 2. The zero-order valence-corrected chi connectivity index (χ0v) is 13.2. The number of benzene rings is 2. The first-order chi connectivity index (χ1) is 11.6. The number of carbonyl (C=O) groups is 1. The molecular weight excluding hydrogens is 310 g/mol. The van der Waals surface area contributed by atoms with Crippen LogP contribution in [0.1, 0.15) is 32.6 Å². The number of aromatic hydroxyl groups is 1. The minimum atomic E-state index is -0.400. The molecule has 0 spiro atoms. The quantitative estimate of drug-likeness (QED) is 0.334. The summed E-state index contributed by atoms with van der Waals surface area (Å²) < 4.78 is 10.9. The molecule has 1 aliphatic heterocycles. The van der Waals surface area contributed by atoms with Crippen molar-refractivity contribution in [3.05, 3.63) is 40.6 Å². The second kappa shape index (κ2) is 6.70. The largest absolute Gasteiger partial charge is 0.508 e. The van der Waals surface area contributed by atoms with Crippen LogP contribution < -0.4 is 10.2 Å². The molecule has 1 N–H and O–H groups in total. The number of esters is 1. The first-order valence-corrected chi connectivity index (χ1v) is 7.85. The van der Waals surface area contributed by atoms with Gasteiger partial charge in [0.25, 0.3) is 0 Å². The number of nitrogens with zero attached hydrogens (tertiary/aromatic N) is 1. The highest BCUT2D eigenvalue weighted by Gasteiger charge is 2.19. The number of rotatable bonds is 5. The summed E-state index contributed by atoms with van der Waals surface area (Å²) in [6.07, 6.45) is 2.98. The van der Waals surface area contributed by atoms with Gasteiger partial charge in [0.1, 0.15) is 17.0 Å². The van der Waals surface area contributed by atoms with Gasteiger partial charge < -0.3 is 14.3 Å². The number of carbonyl (C=O) groups excluding carboxylic acids is 1. The van der Waals surface area contributed by atoms with Crippen molar-refractivity contribution >= 4 is 17.1 Å². The predicted molar refractivity (Wildman–Crippen MR) is 88.3 cm³/mol. The Hall–Kier alpha value is -2.89. The molecule has 0 fully saturated rings. The Morgan fingerprint density at radius 1 is 1.25 bits per heavy atom. The van der Waals surface area contributed by atoms with Crippen LogP contribution in [0.2, 0.25) is 0 Å². The minimum absolute atomic E-state index is 0.0354. The highest BCUT2D eigenvalue weighted by atomic mass is 16.5. The van der Waals surface area contributed by atoms with Gasteiger partial charge in [-0.15, -0.1) is 0 Å². The molecule has 0 amide bonds. The van der Waals surface area contributed by atoms with Gasteiger partial charge in [0.05, 0.1) is 0 Å².